The van der Waals surface area contributed by atoms with Crippen LogP contribution < -0.4 is 5.32 Å². The van der Waals surface area contributed by atoms with Crippen molar-refractivity contribution in [1.82, 2.24) is 20.0 Å². The number of carbonyl (C=O) groups is 2. The van der Waals surface area contributed by atoms with Gasteiger partial charge in [0, 0.05) is 63.0 Å². The van der Waals surface area contributed by atoms with Crippen LogP contribution in [0.4, 0.5) is 10.1 Å². The van der Waals surface area contributed by atoms with Gasteiger partial charge in [0.05, 0.1) is 4.92 Å². The van der Waals surface area contributed by atoms with E-state index in [4.69, 9.17) is 0 Å². The summed E-state index contributed by atoms with van der Waals surface area (Å²) >= 11 is 0. The predicted molar refractivity (Wildman–Crippen MR) is 157 cm³/mol. The van der Waals surface area contributed by atoms with Gasteiger partial charge >= 0.3 is 0 Å². The van der Waals surface area contributed by atoms with Crippen LogP contribution in [0.1, 0.15) is 34.3 Å². The molecule has 0 radical (unpaired) electrons. The van der Waals surface area contributed by atoms with E-state index in [-0.39, 0.29) is 23.5 Å². The van der Waals surface area contributed by atoms with E-state index in [1.165, 1.54) is 42.0 Å². The summed E-state index contributed by atoms with van der Waals surface area (Å²) in [5.41, 5.74) is 2.47. The smallest absolute Gasteiger partial charge is 0.269 e. The number of nitrogens with one attached hydrogen (secondary N) is 1. The van der Waals surface area contributed by atoms with Crippen molar-refractivity contribution in [2.24, 2.45) is 0 Å². The molecule has 2 heterocycles. The lowest BCUT2D eigenvalue weighted by atomic mass is 10.1. The van der Waals surface area contributed by atoms with Gasteiger partial charge in [-0.15, -0.1) is 0 Å². The maximum Gasteiger partial charge on any atom is 0.269 e. The Morgan fingerprint density at radius 2 is 1.69 bits per heavy atom. The fourth-order valence-electron chi connectivity index (χ4n) is 5.84. The molecule has 1 N–H and O–H groups in total. The second kappa shape index (κ2) is 13.7. The highest BCUT2D eigenvalue weighted by Gasteiger charge is 2.43. The average molecular weight is 574 g/mol. The van der Waals surface area contributed by atoms with Crippen LogP contribution in [0.3, 0.4) is 0 Å². The summed E-state index contributed by atoms with van der Waals surface area (Å²) in [6.07, 6.45) is 2.08. The van der Waals surface area contributed by atoms with Crippen molar-refractivity contribution >= 4 is 17.5 Å². The first-order chi connectivity index (χ1) is 20.4. The van der Waals surface area contributed by atoms with Gasteiger partial charge in [0.2, 0.25) is 5.91 Å². The first-order valence-corrected chi connectivity index (χ1v) is 14.5. The minimum Gasteiger partial charge on any atom is -0.340 e. The molecule has 3 aromatic rings. The lowest BCUT2D eigenvalue weighted by molar-refractivity contribution is -0.384. The van der Waals surface area contributed by atoms with Crippen LogP contribution in [-0.4, -0.2) is 82.8 Å². The number of rotatable bonds is 9. The zero-order valence-corrected chi connectivity index (χ0v) is 23.5. The zero-order chi connectivity index (χ0) is 29.5. The Morgan fingerprint density at radius 3 is 2.40 bits per heavy atom. The molecular weight excluding hydrogens is 537 g/mol. The summed E-state index contributed by atoms with van der Waals surface area (Å²) in [5.74, 6) is -0.775. The van der Waals surface area contributed by atoms with Crippen LogP contribution in [-0.2, 0) is 17.8 Å². The van der Waals surface area contributed by atoms with Gasteiger partial charge in [0.25, 0.3) is 11.6 Å². The summed E-state index contributed by atoms with van der Waals surface area (Å²) < 4.78 is 13.6. The van der Waals surface area contributed by atoms with Crippen LogP contribution >= 0.6 is 0 Å². The molecule has 2 unspecified atom stereocenters. The Hall–Kier alpha value is -4.15. The minimum absolute atomic E-state index is 0.0316. The van der Waals surface area contributed by atoms with E-state index >= 15 is 0 Å². The second-order valence-corrected chi connectivity index (χ2v) is 10.9. The van der Waals surface area contributed by atoms with Crippen LogP contribution in [0, 0.1) is 15.9 Å². The van der Waals surface area contributed by atoms with Crippen molar-refractivity contribution in [3.8, 4) is 0 Å². The molecule has 2 fully saturated rings. The monoisotopic (exact) mass is 573 g/mol. The molecule has 2 atom stereocenters. The first-order valence-electron chi connectivity index (χ1n) is 14.5. The third-order valence-electron chi connectivity index (χ3n) is 8.15. The Labute approximate surface area is 245 Å². The highest BCUT2D eigenvalue weighted by Crippen LogP contribution is 2.28. The number of carbonyl (C=O) groups excluding carboxylic acids is 2. The van der Waals surface area contributed by atoms with E-state index in [1.807, 2.05) is 23.1 Å². The van der Waals surface area contributed by atoms with Gasteiger partial charge in [-0.05, 0) is 61.2 Å². The van der Waals surface area contributed by atoms with E-state index in [0.717, 1.165) is 24.9 Å². The fraction of sp³-hybridized carbons (Fsp3) is 0.375. The van der Waals surface area contributed by atoms with Gasteiger partial charge in [0.15, 0.2) is 0 Å². The van der Waals surface area contributed by atoms with Crippen molar-refractivity contribution in [2.45, 2.75) is 37.9 Å². The minimum atomic E-state index is -0.637. The van der Waals surface area contributed by atoms with E-state index in [2.05, 4.69) is 22.3 Å². The summed E-state index contributed by atoms with van der Waals surface area (Å²) in [6.45, 7) is 4.31. The number of hydrogen-bond donors (Lipinski definition) is 1. The first kappa shape index (κ1) is 29.3. The van der Waals surface area contributed by atoms with E-state index in [1.54, 1.807) is 17.0 Å². The molecule has 0 saturated carbocycles. The highest BCUT2D eigenvalue weighted by atomic mass is 19.1. The van der Waals surface area contributed by atoms with Crippen LogP contribution in [0.2, 0.25) is 0 Å². The summed E-state index contributed by atoms with van der Waals surface area (Å²) in [6, 6.07) is 21.3. The van der Waals surface area contributed by atoms with Crippen molar-refractivity contribution in [2.75, 3.05) is 39.3 Å². The molecule has 2 aliphatic heterocycles. The molecule has 2 amide bonds. The summed E-state index contributed by atoms with van der Waals surface area (Å²) in [7, 11) is 0. The van der Waals surface area contributed by atoms with E-state index < -0.39 is 16.8 Å². The third kappa shape index (κ3) is 7.18. The Balaban J connectivity index is 1.42. The average Bonchev–Trinajstić information content (AvgIpc) is 3.27. The number of benzene rings is 3. The standard InChI is InChI=1S/C32H36FN5O4/c33-27-11-9-26(10-12-27)31(39)37-23-29(21-30(37)32(40)35-18-4-16-34-17-20-35)36(19-15-24-5-2-1-3-6-24)22-25-7-13-28(14-8-25)38(41)42/h1-3,5-14,29-30,34H,4,15-23H2. The number of non-ortho nitro benzene ring substituents is 1. The number of hydrogen-bond acceptors (Lipinski definition) is 6. The van der Waals surface area contributed by atoms with Crippen LogP contribution in [0.25, 0.3) is 0 Å². The Bertz CT molecular complexity index is 1360. The second-order valence-electron chi connectivity index (χ2n) is 10.9. The molecule has 5 rings (SSSR count). The molecule has 0 aliphatic carbocycles. The third-order valence-corrected chi connectivity index (χ3v) is 8.15. The fourth-order valence-corrected chi connectivity index (χ4v) is 5.84. The molecule has 220 valence electrons. The Kier molecular flexibility index (Phi) is 9.55. The zero-order valence-electron chi connectivity index (χ0n) is 23.5. The normalized spacial score (nSPS) is 19.1. The number of nitro benzene ring substituents is 1. The summed E-state index contributed by atoms with van der Waals surface area (Å²) in [4.78, 5) is 44.2. The molecule has 2 saturated heterocycles. The van der Waals surface area contributed by atoms with Gasteiger partial charge in [-0.25, -0.2) is 4.39 Å². The molecule has 0 aromatic heterocycles. The molecule has 9 nitrogen and oxygen atoms in total. The van der Waals surface area contributed by atoms with Gasteiger partial charge in [-0.3, -0.25) is 24.6 Å². The van der Waals surface area contributed by atoms with Gasteiger partial charge < -0.3 is 15.1 Å². The topological polar surface area (TPSA) is 99.0 Å². The molecule has 2 aliphatic rings. The number of halogens is 1. The highest BCUT2D eigenvalue weighted by molar-refractivity contribution is 5.98. The maximum atomic E-state index is 13.9. The van der Waals surface area contributed by atoms with Gasteiger partial charge in [-0.1, -0.05) is 42.5 Å². The van der Waals surface area contributed by atoms with E-state index in [9.17, 15) is 24.1 Å². The van der Waals surface area contributed by atoms with Crippen molar-refractivity contribution < 1.29 is 18.9 Å². The van der Waals surface area contributed by atoms with Crippen LogP contribution in [0.15, 0.2) is 78.9 Å². The number of likely N-dealkylation sites (tertiary alicyclic amines) is 1. The quantitative estimate of drug-likeness (QED) is 0.308. The van der Waals surface area contributed by atoms with Crippen LogP contribution in [0.5, 0.6) is 0 Å². The van der Waals surface area contributed by atoms with Crippen molar-refractivity contribution in [3.05, 3.63) is 111 Å². The molecule has 0 spiro atoms. The SMILES string of the molecule is O=C(C1CC(N(CCc2ccccc2)Cc2ccc([N+](=O)[O-])cc2)CN1C(=O)c1ccc(F)cc1)N1CCCNCC1. The lowest BCUT2D eigenvalue weighted by Crippen LogP contribution is -2.48. The van der Waals surface area contributed by atoms with Crippen molar-refractivity contribution in [3.63, 3.8) is 0 Å². The largest absolute Gasteiger partial charge is 0.340 e. The molecular formula is C32H36FN5O4. The molecule has 10 heteroatoms. The molecule has 0 bridgehead atoms. The lowest BCUT2D eigenvalue weighted by Gasteiger charge is -2.29. The summed E-state index contributed by atoms with van der Waals surface area (Å²) in [5, 5.41) is 14.5. The number of amides is 2. The maximum absolute atomic E-state index is 13.9. The number of nitro groups is 1. The molecule has 42 heavy (non-hydrogen) atoms. The number of nitrogens with zero attached hydrogens (tertiary/aromatic N) is 4. The van der Waals surface area contributed by atoms with Gasteiger partial charge in [0.1, 0.15) is 11.9 Å². The predicted octanol–water partition coefficient (Wildman–Crippen LogP) is 3.88. The van der Waals surface area contributed by atoms with Crippen molar-refractivity contribution in [1.29, 1.82) is 0 Å². The Morgan fingerprint density at radius 1 is 0.952 bits per heavy atom. The van der Waals surface area contributed by atoms with Gasteiger partial charge in [-0.2, -0.15) is 0 Å². The molecule has 3 aromatic carbocycles. The van der Waals surface area contributed by atoms with E-state index in [0.29, 0.717) is 51.3 Å².